The van der Waals surface area contributed by atoms with Gasteiger partial charge in [0.1, 0.15) is 5.82 Å². The third kappa shape index (κ3) is 4.45. The Labute approximate surface area is 190 Å². The third-order valence-electron chi connectivity index (χ3n) is 5.43. The number of fused-ring (bicyclic) bond motifs is 1. The maximum atomic E-state index is 12.8. The SMILES string of the molecule is Cc1ccc(NC(=O)Cc2nnc(SCC(=O)c3cn(C)c4ccccc34)n2C)c(C)c1. The standard InChI is InChI=1S/C24H25N5O2S/c1-15-9-10-19(16(2)11-15)25-23(31)12-22-26-27-24(29(22)4)32-14-21(30)18-13-28(3)20-8-6-5-7-17(18)20/h5-11,13H,12,14H2,1-4H3,(H,25,31). The Kier molecular flexibility index (Phi) is 6.14. The quantitative estimate of drug-likeness (QED) is 0.341. The smallest absolute Gasteiger partial charge is 0.232 e. The van der Waals surface area contributed by atoms with Crippen LogP contribution in [-0.4, -0.2) is 36.8 Å². The first kappa shape index (κ1) is 21.8. The molecule has 2 aromatic heterocycles. The maximum absolute atomic E-state index is 12.8. The van der Waals surface area contributed by atoms with Gasteiger partial charge >= 0.3 is 0 Å². The third-order valence-corrected chi connectivity index (χ3v) is 6.45. The van der Waals surface area contributed by atoms with E-state index in [-0.39, 0.29) is 23.9 Å². The van der Waals surface area contributed by atoms with Crippen LogP contribution in [0.3, 0.4) is 0 Å². The number of para-hydroxylation sites is 1. The van der Waals surface area contributed by atoms with E-state index < -0.39 is 0 Å². The Morgan fingerprint density at radius 3 is 2.62 bits per heavy atom. The van der Waals surface area contributed by atoms with Crippen LogP contribution >= 0.6 is 11.8 Å². The van der Waals surface area contributed by atoms with Crippen molar-refractivity contribution in [2.75, 3.05) is 11.1 Å². The van der Waals surface area contributed by atoms with Crippen LogP contribution in [0.5, 0.6) is 0 Å². The maximum Gasteiger partial charge on any atom is 0.232 e. The summed E-state index contributed by atoms with van der Waals surface area (Å²) in [7, 11) is 3.74. The zero-order valence-corrected chi connectivity index (χ0v) is 19.4. The molecule has 7 nitrogen and oxygen atoms in total. The number of aryl methyl sites for hydroxylation is 3. The number of amides is 1. The molecule has 0 spiro atoms. The van der Waals surface area contributed by atoms with E-state index in [2.05, 4.69) is 15.5 Å². The van der Waals surface area contributed by atoms with Crippen molar-refractivity contribution in [3.63, 3.8) is 0 Å². The van der Waals surface area contributed by atoms with Crippen molar-refractivity contribution in [3.8, 4) is 0 Å². The van der Waals surface area contributed by atoms with Gasteiger partial charge in [-0.25, -0.2) is 0 Å². The highest BCUT2D eigenvalue weighted by Gasteiger charge is 2.18. The van der Waals surface area contributed by atoms with Gasteiger partial charge in [0.2, 0.25) is 5.91 Å². The normalized spacial score (nSPS) is 11.1. The molecule has 0 unspecified atom stereocenters. The number of carbonyl (C=O) groups excluding carboxylic acids is 2. The van der Waals surface area contributed by atoms with Crippen LogP contribution in [0.2, 0.25) is 0 Å². The minimum atomic E-state index is -0.157. The van der Waals surface area contributed by atoms with Gasteiger partial charge in [-0.05, 0) is 31.5 Å². The van der Waals surface area contributed by atoms with Crippen molar-refractivity contribution in [1.29, 1.82) is 0 Å². The molecule has 1 N–H and O–H groups in total. The molecule has 1 amide bonds. The largest absolute Gasteiger partial charge is 0.350 e. The fourth-order valence-electron chi connectivity index (χ4n) is 3.69. The van der Waals surface area contributed by atoms with Crippen molar-refractivity contribution in [1.82, 2.24) is 19.3 Å². The molecule has 4 rings (SSSR count). The van der Waals surface area contributed by atoms with Crippen molar-refractivity contribution in [3.05, 3.63) is 71.2 Å². The molecule has 4 aromatic rings. The summed E-state index contributed by atoms with van der Waals surface area (Å²) in [6, 6.07) is 13.7. The average molecular weight is 448 g/mol. The highest BCUT2D eigenvalue weighted by atomic mass is 32.2. The second kappa shape index (κ2) is 9.00. The van der Waals surface area contributed by atoms with Crippen molar-refractivity contribution in [2.45, 2.75) is 25.4 Å². The van der Waals surface area contributed by atoms with Crippen LogP contribution in [0.25, 0.3) is 10.9 Å². The van der Waals surface area contributed by atoms with Gasteiger partial charge in [0.05, 0.1) is 12.2 Å². The molecule has 0 saturated carbocycles. The zero-order valence-electron chi connectivity index (χ0n) is 18.5. The van der Waals surface area contributed by atoms with E-state index in [0.29, 0.717) is 16.5 Å². The number of hydrogen-bond acceptors (Lipinski definition) is 5. The molecule has 8 heteroatoms. The highest BCUT2D eigenvalue weighted by Crippen LogP contribution is 2.24. The molecule has 0 saturated heterocycles. The number of aromatic nitrogens is 4. The van der Waals surface area contributed by atoms with Crippen LogP contribution in [-0.2, 0) is 25.3 Å². The second-order valence-electron chi connectivity index (χ2n) is 7.88. The number of anilines is 1. The summed E-state index contributed by atoms with van der Waals surface area (Å²) in [5.74, 6) is 0.668. The lowest BCUT2D eigenvalue weighted by molar-refractivity contribution is -0.115. The van der Waals surface area contributed by atoms with Crippen LogP contribution < -0.4 is 5.32 Å². The van der Waals surface area contributed by atoms with Gasteiger partial charge in [-0.3, -0.25) is 9.59 Å². The first-order chi connectivity index (χ1) is 15.3. The Bertz CT molecular complexity index is 1320. The van der Waals surface area contributed by atoms with Crippen molar-refractivity contribution < 1.29 is 9.59 Å². The highest BCUT2D eigenvalue weighted by molar-refractivity contribution is 7.99. The molecule has 164 valence electrons. The average Bonchev–Trinajstić information content (AvgIpc) is 3.28. The second-order valence-corrected chi connectivity index (χ2v) is 8.83. The predicted molar refractivity (Wildman–Crippen MR) is 127 cm³/mol. The number of thioether (sulfide) groups is 1. The van der Waals surface area contributed by atoms with Crippen LogP contribution in [0.4, 0.5) is 5.69 Å². The molecule has 0 fully saturated rings. The molecule has 2 heterocycles. The number of carbonyl (C=O) groups is 2. The lowest BCUT2D eigenvalue weighted by Gasteiger charge is -2.09. The van der Waals surface area contributed by atoms with Crippen molar-refractivity contribution in [2.24, 2.45) is 14.1 Å². The number of benzene rings is 2. The van der Waals surface area contributed by atoms with Gasteiger partial charge in [0.15, 0.2) is 10.9 Å². The fourth-order valence-corrected chi connectivity index (χ4v) is 4.50. The molecule has 2 aromatic carbocycles. The Morgan fingerprint density at radius 2 is 1.84 bits per heavy atom. The molecule has 0 aliphatic heterocycles. The topological polar surface area (TPSA) is 81.8 Å². The predicted octanol–water partition coefficient (Wildman–Crippen LogP) is 4.08. The molecule has 0 radical (unpaired) electrons. The molecule has 0 bridgehead atoms. The minimum absolute atomic E-state index is 0.0314. The molecule has 0 aliphatic carbocycles. The molecular weight excluding hydrogens is 422 g/mol. The summed E-state index contributed by atoms with van der Waals surface area (Å²) in [5.41, 5.74) is 4.67. The number of hydrogen-bond donors (Lipinski definition) is 1. The minimum Gasteiger partial charge on any atom is -0.350 e. The Morgan fingerprint density at radius 1 is 1.06 bits per heavy atom. The lowest BCUT2D eigenvalue weighted by atomic mass is 10.1. The first-order valence-corrected chi connectivity index (χ1v) is 11.3. The summed E-state index contributed by atoms with van der Waals surface area (Å²) >= 11 is 1.32. The van der Waals surface area contributed by atoms with Gasteiger partial charge in [0.25, 0.3) is 0 Å². The number of nitrogens with one attached hydrogen (secondary N) is 1. The van der Waals surface area contributed by atoms with Gasteiger partial charge < -0.3 is 14.5 Å². The van der Waals surface area contributed by atoms with E-state index in [0.717, 1.165) is 27.7 Å². The lowest BCUT2D eigenvalue weighted by Crippen LogP contribution is -2.17. The van der Waals surface area contributed by atoms with E-state index in [1.165, 1.54) is 11.8 Å². The monoisotopic (exact) mass is 447 g/mol. The fraction of sp³-hybridized carbons (Fsp3) is 0.250. The van der Waals surface area contributed by atoms with E-state index in [4.69, 9.17) is 0 Å². The van der Waals surface area contributed by atoms with E-state index >= 15 is 0 Å². The van der Waals surface area contributed by atoms with Crippen LogP contribution in [0, 0.1) is 13.8 Å². The summed E-state index contributed by atoms with van der Waals surface area (Å²) in [6.45, 7) is 3.98. The van der Waals surface area contributed by atoms with Crippen LogP contribution in [0.15, 0.2) is 53.8 Å². The molecule has 0 atom stereocenters. The van der Waals surface area contributed by atoms with Crippen molar-refractivity contribution >= 4 is 40.0 Å². The van der Waals surface area contributed by atoms with E-state index in [9.17, 15) is 9.59 Å². The van der Waals surface area contributed by atoms with E-state index in [1.807, 2.05) is 81.2 Å². The van der Waals surface area contributed by atoms with Gasteiger partial charge in [0, 0.05) is 42.4 Å². The van der Waals surface area contributed by atoms with Gasteiger partial charge in [-0.2, -0.15) is 0 Å². The number of ketones is 1. The van der Waals surface area contributed by atoms with Gasteiger partial charge in [-0.15, -0.1) is 10.2 Å². The molecular formula is C24H25N5O2S. The number of Topliss-reactive ketones (excluding diaryl/α,β-unsaturated/α-hetero) is 1. The van der Waals surface area contributed by atoms with E-state index in [1.54, 1.807) is 4.57 Å². The Balaban J connectivity index is 1.40. The summed E-state index contributed by atoms with van der Waals surface area (Å²) < 4.78 is 3.73. The zero-order chi connectivity index (χ0) is 22.8. The summed E-state index contributed by atoms with van der Waals surface area (Å²) in [6.07, 6.45) is 1.97. The molecule has 32 heavy (non-hydrogen) atoms. The first-order valence-electron chi connectivity index (χ1n) is 10.3. The van der Waals surface area contributed by atoms with Crippen LogP contribution in [0.1, 0.15) is 27.3 Å². The number of rotatable bonds is 7. The number of nitrogens with zero attached hydrogens (tertiary/aromatic N) is 4. The summed E-state index contributed by atoms with van der Waals surface area (Å²) in [4.78, 5) is 25.3. The Hall–Kier alpha value is -3.39. The molecule has 0 aliphatic rings. The summed E-state index contributed by atoms with van der Waals surface area (Å²) in [5, 5.41) is 12.8. The van der Waals surface area contributed by atoms with Gasteiger partial charge in [-0.1, -0.05) is 47.7 Å².